The van der Waals surface area contributed by atoms with Gasteiger partial charge in [-0.15, -0.1) is 10.2 Å². The van der Waals surface area contributed by atoms with E-state index in [2.05, 4.69) is 27.2 Å². The molecule has 1 aromatic heterocycles. The topological polar surface area (TPSA) is 95.1 Å². The highest BCUT2D eigenvalue weighted by Gasteiger charge is 2.45. The number of likely N-dealkylation sites (tertiary alicyclic amines) is 1. The second-order valence-electron chi connectivity index (χ2n) is 7.33. The first kappa shape index (κ1) is 19.7. The SMILES string of the molecule is C=CC(=O)N1CCC(C(=O)N(C)CC(C)c2nn[nH]n2)(c2ccccc2)CC1. The number of hydrogen-bond donors (Lipinski definition) is 1. The van der Waals surface area contributed by atoms with E-state index in [0.29, 0.717) is 38.3 Å². The highest BCUT2D eigenvalue weighted by atomic mass is 16.2. The molecule has 8 heteroatoms. The number of aromatic amines is 1. The van der Waals surface area contributed by atoms with Gasteiger partial charge in [0.1, 0.15) is 0 Å². The molecular formula is C20H26N6O2. The van der Waals surface area contributed by atoms with Gasteiger partial charge in [0.2, 0.25) is 11.8 Å². The first-order chi connectivity index (χ1) is 13.5. The normalized spacial score (nSPS) is 17.0. The number of H-pyrrole nitrogens is 1. The average molecular weight is 382 g/mol. The quantitative estimate of drug-likeness (QED) is 0.764. The Morgan fingerprint density at radius 2 is 2.00 bits per heavy atom. The van der Waals surface area contributed by atoms with E-state index in [0.717, 1.165) is 5.56 Å². The molecule has 0 bridgehead atoms. The number of nitrogens with zero attached hydrogens (tertiary/aromatic N) is 5. The summed E-state index contributed by atoms with van der Waals surface area (Å²) in [7, 11) is 1.81. The Morgan fingerprint density at radius 3 is 2.57 bits per heavy atom. The van der Waals surface area contributed by atoms with Gasteiger partial charge in [0.25, 0.3) is 0 Å². The van der Waals surface area contributed by atoms with Crippen LogP contribution in [0, 0.1) is 0 Å². The van der Waals surface area contributed by atoms with Crippen molar-refractivity contribution in [3.8, 4) is 0 Å². The van der Waals surface area contributed by atoms with E-state index >= 15 is 0 Å². The largest absolute Gasteiger partial charge is 0.344 e. The molecule has 1 atom stereocenters. The molecule has 3 rings (SSSR count). The van der Waals surface area contributed by atoms with Crippen molar-refractivity contribution in [3.63, 3.8) is 0 Å². The molecule has 0 radical (unpaired) electrons. The number of hydrogen-bond acceptors (Lipinski definition) is 5. The molecule has 0 spiro atoms. The van der Waals surface area contributed by atoms with Crippen LogP contribution in [0.2, 0.25) is 0 Å². The highest BCUT2D eigenvalue weighted by molar-refractivity contribution is 5.90. The molecule has 1 N–H and O–H groups in total. The molecule has 2 aromatic rings. The number of carbonyl (C=O) groups is 2. The maximum absolute atomic E-state index is 13.6. The van der Waals surface area contributed by atoms with Gasteiger partial charge in [-0.2, -0.15) is 5.21 Å². The molecule has 1 aromatic carbocycles. The molecule has 8 nitrogen and oxygen atoms in total. The summed E-state index contributed by atoms with van der Waals surface area (Å²) < 4.78 is 0. The zero-order valence-corrected chi connectivity index (χ0v) is 16.3. The van der Waals surface area contributed by atoms with Crippen molar-refractivity contribution in [2.75, 3.05) is 26.7 Å². The number of likely N-dealkylation sites (N-methyl/N-ethyl adjacent to an activating group) is 1. The number of aromatic nitrogens is 4. The van der Waals surface area contributed by atoms with E-state index < -0.39 is 5.41 Å². The molecule has 148 valence electrons. The standard InChI is InChI=1S/C20H26N6O2/c1-4-17(27)26-12-10-20(11-13-26,16-8-6-5-7-9-16)19(28)25(3)14-15(2)18-21-23-24-22-18/h4-9,15H,1,10-14H2,2-3H3,(H,21,22,23,24). The predicted octanol–water partition coefficient (Wildman–Crippen LogP) is 1.51. The molecule has 2 amide bonds. The molecular weight excluding hydrogens is 356 g/mol. The van der Waals surface area contributed by atoms with Gasteiger partial charge in [-0.1, -0.05) is 49.0 Å². The maximum atomic E-state index is 13.6. The van der Waals surface area contributed by atoms with Gasteiger partial charge in [0.15, 0.2) is 5.82 Å². The fourth-order valence-corrected chi connectivity index (χ4v) is 3.94. The highest BCUT2D eigenvalue weighted by Crippen LogP contribution is 2.37. The minimum absolute atomic E-state index is 0.0389. The molecule has 1 aliphatic heterocycles. The minimum atomic E-state index is -0.648. The molecule has 0 aliphatic carbocycles. The summed E-state index contributed by atoms with van der Waals surface area (Å²) in [5.41, 5.74) is 0.343. The zero-order chi connectivity index (χ0) is 20.1. The van der Waals surface area contributed by atoms with Gasteiger partial charge < -0.3 is 9.80 Å². The fraction of sp³-hybridized carbons (Fsp3) is 0.450. The Bertz CT molecular complexity index is 812. The monoisotopic (exact) mass is 382 g/mol. The van der Waals surface area contributed by atoms with Crippen molar-refractivity contribution < 1.29 is 9.59 Å². The number of nitrogens with one attached hydrogen (secondary N) is 1. The van der Waals surface area contributed by atoms with Crippen LogP contribution in [0.5, 0.6) is 0 Å². The second-order valence-corrected chi connectivity index (χ2v) is 7.33. The molecule has 0 saturated carbocycles. The summed E-state index contributed by atoms with van der Waals surface area (Å²) in [5, 5.41) is 14.1. The maximum Gasteiger partial charge on any atom is 0.245 e. The lowest BCUT2D eigenvalue weighted by molar-refractivity contribution is -0.140. The summed E-state index contributed by atoms with van der Waals surface area (Å²) in [4.78, 5) is 29.1. The third kappa shape index (κ3) is 3.81. The van der Waals surface area contributed by atoms with Crippen molar-refractivity contribution in [3.05, 3.63) is 54.4 Å². The number of rotatable bonds is 6. The first-order valence-electron chi connectivity index (χ1n) is 9.43. The predicted molar refractivity (Wildman–Crippen MR) is 104 cm³/mol. The Morgan fingerprint density at radius 1 is 1.32 bits per heavy atom. The van der Waals surface area contributed by atoms with Gasteiger partial charge in [-0.05, 0) is 24.5 Å². The van der Waals surface area contributed by atoms with Gasteiger partial charge >= 0.3 is 0 Å². The Kier molecular flexibility index (Phi) is 5.87. The van der Waals surface area contributed by atoms with E-state index in [4.69, 9.17) is 0 Å². The summed E-state index contributed by atoms with van der Waals surface area (Å²) in [6, 6.07) is 9.85. The zero-order valence-electron chi connectivity index (χ0n) is 16.3. The summed E-state index contributed by atoms with van der Waals surface area (Å²) in [6.07, 6.45) is 2.49. The van der Waals surface area contributed by atoms with E-state index in [1.54, 1.807) is 9.80 Å². The number of benzene rings is 1. The van der Waals surface area contributed by atoms with Crippen LogP contribution in [-0.4, -0.2) is 68.9 Å². The van der Waals surface area contributed by atoms with E-state index in [1.165, 1.54) is 6.08 Å². The minimum Gasteiger partial charge on any atom is -0.344 e. The van der Waals surface area contributed by atoms with Crippen LogP contribution < -0.4 is 0 Å². The van der Waals surface area contributed by atoms with Crippen molar-refractivity contribution in [1.29, 1.82) is 0 Å². The molecule has 1 saturated heterocycles. The van der Waals surface area contributed by atoms with Crippen LogP contribution >= 0.6 is 0 Å². The Balaban J connectivity index is 1.82. The second kappa shape index (κ2) is 8.33. The molecule has 28 heavy (non-hydrogen) atoms. The number of tetrazole rings is 1. The van der Waals surface area contributed by atoms with E-state index in [9.17, 15) is 9.59 Å². The fourth-order valence-electron chi connectivity index (χ4n) is 3.94. The van der Waals surface area contributed by atoms with E-state index in [1.807, 2.05) is 44.3 Å². The summed E-state index contributed by atoms with van der Waals surface area (Å²) in [5.74, 6) is 0.510. The smallest absolute Gasteiger partial charge is 0.245 e. The van der Waals surface area contributed by atoms with Crippen LogP contribution in [0.15, 0.2) is 43.0 Å². The van der Waals surface area contributed by atoms with Gasteiger partial charge in [0, 0.05) is 32.6 Å². The molecule has 1 fully saturated rings. The van der Waals surface area contributed by atoms with Gasteiger partial charge in [-0.3, -0.25) is 9.59 Å². The third-order valence-corrected chi connectivity index (χ3v) is 5.54. The molecule has 1 unspecified atom stereocenters. The van der Waals surface area contributed by atoms with Crippen molar-refractivity contribution >= 4 is 11.8 Å². The lowest BCUT2D eigenvalue weighted by atomic mass is 9.71. The van der Waals surface area contributed by atoms with Crippen molar-refractivity contribution in [1.82, 2.24) is 30.4 Å². The number of amides is 2. The average Bonchev–Trinajstić information content (AvgIpc) is 3.28. The van der Waals surface area contributed by atoms with Crippen LogP contribution in [-0.2, 0) is 15.0 Å². The first-order valence-corrected chi connectivity index (χ1v) is 9.43. The Hall–Kier alpha value is -3.03. The summed E-state index contributed by atoms with van der Waals surface area (Å²) >= 11 is 0. The molecule has 2 heterocycles. The lowest BCUT2D eigenvalue weighted by Gasteiger charge is -2.43. The van der Waals surface area contributed by atoms with Crippen LogP contribution in [0.4, 0.5) is 0 Å². The van der Waals surface area contributed by atoms with E-state index in [-0.39, 0.29) is 17.7 Å². The summed E-state index contributed by atoms with van der Waals surface area (Å²) in [6.45, 7) is 7.08. The van der Waals surface area contributed by atoms with Crippen molar-refractivity contribution in [2.45, 2.75) is 31.1 Å². The third-order valence-electron chi connectivity index (χ3n) is 5.54. The molecule has 1 aliphatic rings. The number of piperidine rings is 1. The van der Waals surface area contributed by atoms with Crippen LogP contribution in [0.25, 0.3) is 0 Å². The van der Waals surface area contributed by atoms with Crippen molar-refractivity contribution in [2.24, 2.45) is 0 Å². The van der Waals surface area contributed by atoms with Crippen LogP contribution in [0.3, 0.4) is 0 Å². The van der Waals surface area contributed by atoms with Gasteiger partial charge in [-0.25, -0.2) is 0 Å². The Labute approximate surface area is 164 Å². The number of carbonyl (C=O) groups excluding carboxylic acids is 2. The van der Waals surface area contributed by atoms with Crippen LogP contribution in [0.1, 0.15) is 37.1 Å². The lowest BCUT2D eigenvalue weighted by Crippen LogP contribution is -2.53. The van der Waals surface area contributed by atoms with Gasteiger partial charge in [0.05, 0.1) is 5.41 Å².